The van der Waals surface area contributed by atoms with Crippen molar-refractivity contribution in [3.8, 4) is 11.4 Å². The lowest BCUT2D eigenvalue weighted by Crippen LogP contribution is -2.22. The first-order valence-corrected chi connectivity index (χ1v) is 8.69. The fourth-order valence-electron chi connectivity index (χ4n) is 4.06. The molecule has 2 bridgehead atoms. The third kappa shape index (κ3) is 1.79. The van der Waals surface area contributed by atoms with Gasteiger partial charge < -0.3 is 4.57 Å². The standard InChI is InChI=1S/C17H18N4S/c1-20-10-13(12-4-2-3-5-14(12)20)16-18-17(22-19-16)15-8-11-6-7-21(15)9-11/h2-5,10-11,15H,6-9H2,1H3/t11-,15+/m1/s1. The highest BCUT2D eigenvalue weighted by Gasteiger charge is 2.39. The second kappa shape index (κ2) is 4.64. The molecule has 5 rings (SSSR count). The SMILES string of the molecule is Cn1cc(-c2nsc([C@@H]3C[C@H]4CCN3C4)n2)c2ccccc21. The molecule has 3 aromatic rings. The van der Waals surface area contributed by atoms with E-state index in [-0.39, 0.29) is 0 Å². The molecule has 0 spiro atoms. The van der Waals surface area contributed by atoms with Crippen LogP contribution >= 0.6 is 11.5 Å². The van der Waals surface area contributed by atoms with E-state index in [9.17, 15) is 0 Å². The lowest BCUT2D eigenvalue weighted by atomic mass is 10.0. The van der Waals surface area contributed by atoms with E-state index in [2.05, 4.69) is 51.4 Å². The van der Waals surface area contributed by atoms with Crippen molar-refractivity contribution in [3.63, 3.8) is 0 Å². The summed E-state index contributed by atoms with van der Waals surface area (Å²) in [5.41, 5.74) is 2.39. The van der Waals surface area contributed by atoms with E-state index in [1.807, 2.05) is 0 Å². The summed E-state index contributed by atoms with van der Waals surface area (Å²) in [6.07, 6.45) is 4.78. The van der Waals surface area contributed by atoms with E-state index >= 15 is 0 Å². The second-order valence-electron chi connectivity index (χ2n) is 6.53. The zero-order chi connectivity index (χ0) is 14.7. The van der Waals surface area contributed by atoms with Crippen molar-refractivity contribution in [2.45, 2.75) is 18.9 Å². The molecular formula is C17H18N4S. The van der Waals surface area contributed by atoms with Crippen molar-refractivity contribution >= 4 is 22.4 Å². The minimum atomic E-state index is 0.514. The van der Waals surface area contributed by atoms with Gasteiger partial charge in [-0.1, -0.05) is 18.2 Å². The maximum absolute atomic E-state index is 4.90. The van der Waals surface area contributed by atoms with Crippen molar-refractivity contribution in [3.05, 3.63) is 35.5 Å². The number of nitrogens with zero attached hydrogens (tertiary/aromatic N) is 4. The van der Waals surface area contributed by atoms with Crippen LogP contribution in [0.25, 0.3) is 22.3 Å². The van der Waals surface area contributed by atoms with Crippen molar-refractivity contribution < 1.29 is 0 Å². The summed E-state index contributed by atoms with van der Waals surface area (Å²) in [6, 6.07) is 8.98. The predicted molar refractivity (Wildman–Crippen MR) is 88.9 cm³/mol. The number of aromatic nitrogens is 3. The lowest BCUT2D eigenvalue weighted by molar-refractivity contribution is 0.265. The van der Waals surface area contributed by atoms with E-state index in [0.717, 1.165) is 17.3 Å². The van der Waals surface area contributed by atoms with Gasteiger partial charge in [0.15, 0.2) is 5.82 Å². The molecule has 3 atom stereocenters. The van der Waals surface area contributed by atoms with Gasteiger partial charge in [-0.15, -0.1) is 0 Å². The van der Waals surface area contributed by atoms with Crippen LogP contribution in [0, 0.1) is 5.92 Å². The van der Waals surface area contributed by atoms with Crippen LogP contribution in [0.2, 0.25) is 0 Å². The van der Waals surface area contributed by atoms with Gasteiger partial charge >= 0.3 is 0 Å². The predicted octanol–water partition coefficient (Wildman–Crippen LogP) is 3.46. The lowest BCUT2D eigenvalue weighted by Gasteiger charge is -2.21. The minimum Gasteiger partial charge on any atom is -0.350 e. The van der Waals surface area contributed by atoms with Crippen molar-refractivity contribution in [1.29, 1.82) is 0 Å². The maximum Gasteiger partial charge on any atom is 0.175 e. The minimum absolute atomic E-state index is 0.514. The molecule has 1 unspecified atom stereocenters. The van der Waals surface area contributed by atoms with E-state index in [1.54, 1.807) is 11.5 Å². The van der Waals surface area contributed by atoms with Crippen LogP contribution in [0.15, 0.2) is 30.5 Å². The molecule has 2 aliphatic rings. The van der Waals surface area contributed by atoms with Gasteiger partial charge in [-0.05, 0) is 42.9 Å². The van der Waals surface area contributed by atoms with Crippen LogP contribution in [-0.4, -0.2) is 31.9 Å². The summed E-state index contributed by atoms with van der Waals surface area (Å²) in [6.45, 7) is 2.49. The molecule has 0 N–H and O–H groups in total. The van der Waals surface area contributed by atoms with Gasteiger partial charge in [0.05, 0.1) is 6.04 Å². The Hall–Kier alpha value is -1.72. The Labute approximate surface area is 133 Å². The highest BCUT2D eigenvalue weighted by Crippen LogP contribution is 2.43. The molecule has 112 valence electrons. The van der Waals surface area contributed by atoms with E-state index in [4.69, 9.17) is 4.98 Å². The number of piperidine rings is 1. The Morgan fingerprint density at radius 2 is 2.18 bits per heavy atom. The molecule has 2 aliphatic heterocycles. The van der Waals surface area contributed by atoms with Crippen LogP contribution in [0.3, 0.4) is 0 Å². The first-order valence-electron chi connectivity index (χ1n) is 7.91. The molecule has 0 saturated carbocycles. The molecule has 0 aliphatic carbocycles. The molecular weight excluding hydrogens is 292 g/mol. The highest BCUT2D eigenvalue weighted by atomic mass is 32.1. The van der Waals surface area contributed by atoms with Gasteiger partial charge in [0, 0.05) is 36.3 Å². The van der Waals surface area contributed by atoms with Gasteiger partial charge in [0.1, 0.15) is 5.01 Å². The molecule has 0 amide bonds. The number of rotatable bonds is 2. The Kier molecular flexibility index (Phi) is 2.69. The number of aryl methyl sites for hydroxylation is 1. The summed E-state index contributed by atoms with van der Waals surface area (Å²) in [5.74, 6) is 1.77. The molecule has 1 aromatic carbocycles. The van der Waals surface area contributed by atoms with Crippen LogP contribution in [-0.2, 0) is 7.05 Å². The number of hydrogen-bond acceptors (Lipinski definition) is 4. The molecule has 2 fully saturated rings. The number of fused-ring (bicyclic) bond motifs is 3. The molecule has 4 heterocycles. The van der Waals surface area contributed by atoms with Crippen molar-refractivity contribution in [2.24, 2.45) is 13.0 Å². The number of hydrogen-bond donors (Lipinski definition) is 0. The van der Waals surface area contributed by atoms with Gasteiger partial charge in [0.2, 0.25) is 0 Å². The van der Waals surface area contributed by atoms with Crippen LogP contribution in [0.1, 0.15) is 23.9 Å². The fourth-order valence-corrected chi connectivity index (χ4v) is 4.87. The normalized spacial score (nSPS) is 27.0. The maximum atomic E-state index is 4.90. The summed E-state index contributed by atoms with van der Waals surface area (Å²) in [4.78, 5) is 7.48. The first kappa shape index (κ1) is 12.8. The molecule has 22 heavy (non-hydrogen) atoms. The van der Waals surface area contributed by atoms with Gasteiger partial charge in [-0.25, -0.2) is 4.98 Å². The van der Waals surface area contributed by atoms with Crippen LogP contribution in [0.4, 0.5) is 0 Å². The Balaban J connectivity index is 1.56. The Morgan fingerprint density at radius 3 is 3.00 bits per heavy atom. The average molecular weight is 310 g/mol. The summed E-state index contributed by atoms with van der Waals surface area (Å²) >= 11 is 1.59. The summed E-state index contributed by atoms with van der Waals surface area (Å²) in [7, 11) is 2.08. The van der Waals surface area contributed by atoms with Gasteiger partial charge in [-0.2, -0.15) is 4.37 Å². The molecule has 2 aromatic heterocycles. The molecule has 5 heteroatoms. The van der Waals surface area contributed by atoms with Crippen LogP contribution in [0.5, 0.6) is 0 Å². The topological polar surface area (TPSA) is 34.0 Å². The number of benzene rings is 1. The monoisotopic (exact) mass is 310 g/mol. The van der Waals surface area contributed by atoms with E-state index < -0.39 is 0 Å². The summed E-state index contributed by atoms with van der Waals surface area (Å²) < 4.78 is 6.83. The van der Waals surface area contributed by atoms with E-state index in [1.165, 1.54) is 41.8 Å². The second-order valence-corrected chi connectivity index (χ2v) is 7.31. The molecule has 2 saturated heterocycles. The molecule has 0 radical (unpaired) electrons. The Bertz CT molecular complexity index is 849. The average Bonchev–Trinajstić information content (AvgIpc) is 3.30. The largest absolute Gasteiger partial charge is 0.350 e. The van der Waals surface area contributed by atoms with Crippen LogP contribution < -0.4 is 0 Å². The quantitative estimate of drug-likeness (QED) is 0.727. The van der Waals surface area contributed by atoms with E-state index in [0.29, 0.717) is 6.04 Å². The summed E-state index contributed by atoms with van der Waals surface area (Å²) in [5, 5.41) is 2.44. The highest BCUT2D eigenvalue weighted by molar-refractivity contribution is 7.05. The third-order valence-electron chi connectivity index (χ3n) is 5.18. The smallest absolute Gasteiger partial charge is 0.175 e. The van der Waals surface area contributed by atoms with Gasteiger partial charge in [0.25, 0.3) is 0 Å². The van der Waals surface area contributed by atoms with Crippen molar-refractivity contribution in [1.82, 2.24) is 18.8 Å². The number of para-hydroxylation sites is 1. The first-order chi connectivity index (χ1) is 10.8. The fraction of sp³-hybridized carbons (Fsp3) is 0.412. The molecule has 4 nitrogen and oxygen atoms in total. The van der Waals surface area contributed by atoms with Crippen molar-refractivity contribution in [2.75, 3.05) is 13.1 Å². The zero-order valence-corrected chi connectivity index (χ0v) is 13.4. The zero-order valence-electron chi connectivity index (χ0n) is 12.6. The van der Waals surface area contributed by atoms with Gasteiger partial charge in [-0.3, -0.25) is 4.90 Å². The third-order valence-corrected chi connectivity index (χ3v) is 5.99. The Morgan fingerprint density at radius 1 is 1.27 bits per heavy atom.